The quantitative estimate of drug-likeness (QED) is 0.416. The Morgan fingerprint density at radius 2 is 1.79 bits per heavy atom. The fraction of sp³-hybridized carbons (Fsp3) is 0.480. The Morgan fingerprint density at radius 3 is 2.48 bits per heavy atom. The van der Waals surface area contributed by atoms with Gasteiger partial charge in [-0.3, -0.25) is 9.10 Å². The molecule has 1 saturated carbocycles. The molecule has 180 valence electrons. The van der Waals surface area contributed by atoms with Gasteiger partial charge < -0.3 is 5.32 Å². The molecule has 2 aromatic rings. The topological polar surface area (TPSA) is 66.5 Å². The van der Waals surface area contributed by atoms with Crippen LogP contribution in [0.15, 0.2) is 47.4 Å². The molecule has 0 radical (unpaired) electrons. The van der Waals surface area contributed by atoms with Crippen LogP contribution in [0.1, 0.15) is 49.7 Å². The van der Waals surface area contributed by atoms with Crippen molar-refractivity contribution in [3.63, 3.8) is 0 Å². The molecule has 0 unspecified atom stereocenters. The highest BCUT2D eigenvalue weighted by Crippen LogP contribution is 2.30. The largest absolute Gasteiger partial charge is 0.354 e. The number of nitrogens with zero attached hydrogens (tertiary/aromatic N) is 1. The number of aryl methyl sites for hydroxylation is 2. The molecule has 1 amide bonds. The number of hydrogen-bond donors (Lipinski definition) is 1. The Labute approximate surface area is 207 Å². The summed E-state index contributed by atoms with van der Waals surface area (Å²) in [5, 5.41) is 4.06. The molecule has 0 bridgehead atoms. The van der Waals surface area contributed by atoms with E-state index in [0.717, 1.165) is 32.9 Å². The van der Waals surface area contributed by atoms with E-state index in [2.05, 4.69) is 5.32 Å². The Kier molecular flexibility index (Phi) is 9.53. The van der Waals surface area contributed by atoms with Crippen molar-refractivity contribution in [2.24, 2.45) is 0 Å². The van der Waals surface area contributed by atoms with Crippen LogP contribution in [0.3, 0.4) is 0 Å². The molecule has 3 rings (SSSR count). The van der Waals surface area contributed by atoms with Gasteiger partial charge in [0, 0.05) is 16.8 Å². The lowest BCUT2D eigenvalue weighted by Gasteiger charge is -2.26. The van der Waals surface area contributed by atoms with Crippen molar-refractivity contribution in [2.45, 2.75) is 62.5 Å². The van der Waals surface area contributed by atoms with E-state index >= 15 is 0 Å². The molecular formula is C25H33ClN2O3S2. The van der Waals surface area contributed by atoms with Crippen LogP contribution >= 0.6 is 23.4 Å². The van der Waals surface area contributed by atoms with Gasteiger partial charge in [0.15, 0.2) is 0 Å². The summed E-state index contributed by atoms with van der Waals surface area (Å²) in [6, 6.07) is 11.7. The SMILES string of the molecule is Cc1ccc(S(=O)(=O)N(CC(=O)NCCCSC2CCCCC2)c2cc(Cl)ccc2C)cc1. The Morgan fingerprint density at radius 1 is 1.09 bits per heavy atom. The van der Waals surface area contributed by atoms with Gasteiger partial charge in [0.05, 0.1) is 10.6 Å². The molecule has 0 heterocycles. The van der Waals surface area contributed by atoms with E-state index in [4.69, 9.17) is 11.6 Å². The summed E-state index contributed by atoms with van der Waals surface area (Å²) in [7, 11) is -3.95. The van der Waals surface area contributed by atoms with Crippen molar-refractivity contribution >= 4 is 45.0 Å². The molecule has 0 spiro atoms. The van der Waals surface area contributed by atoms with E-state index < -0.39 is 10.0 Å². The van der Waals surface area contributed by atoms with Crippen LogP contribution in [-0.2, 0) is 14.8 Å². The maximum atomic E-state index is 13.5. The van der Waals surface area contributed by atoms with Crippen LogP contribution in [0.5, 0.6) is 0 Å². The minimum Gasteiger partial charge on any atom is -0.354 e. The molecule has 0 saturated heterocycles. The predicted molar refractivity (Wildman–Crippen MR) is 139 cm³/mol. The van der Waals surface area contributed by atoms with Gasteiger partial charge in [-0.25, -0.2) is 8.42 Å². The van der Waals surface area contributed by atoms with E-state index in [9.17, 15) is 13.2 Å². The summed E-state index contributed by atoms with van der Waals surface area (Å²) in [5.74, 6) is 0.678. The van der Waals surface area contributed by atoms with Crippen molar-refractivity contribution in [2.75, 3.05) is 23.1 Å². The second-order valence-corrected chi connectivity index (χ2v) is 12.3. The van der Waals surface area contributed by atoms with Crippen molar-refractivity contribution in [1.82, 2.24) is 5.32 Å². The lowest BCUT2D eigenvalue weighted by Crippen LogP contribution is -2.41. The first-order valence-corrected chi connectivity index (χ1v) is 14.4. The lowest BCUT2D eigenvalue weighted by molar-refractivity contribution is -0.119. The van der Waals surface area contributed by atoms with Gasteiger partial charge in [0.1, 0.15) is 6.54 Å². The number of carbonyl (C=O) groups is 1. The average Bonchev–Trinajstić information content (AvgIpc) is 2.80. The van der Waals surface area contributed by atoms with Gasteiger partial charge in [-0.2, -0.15) is 11.8 Å². The predicted octanol–water partition coefficient (Wildman–Crippen LogP) is 5.72. The van der Waals surface area contributed by atoms with E-state index in [0.29, 0.717) is 17.3 Å². The van der Waals surface area contributed by atoms with E-state index in [-0.39, 0.29) is 17.3 Å². The molecule has 0 aliphatic heterocycles. The zero-order valence-corrected chi connectivity index (χ0v) is 21.7. The van der Waals surface area contributed by atoms with Crippen LogP contribution in [0.2, 0.25) is 5.02 Å². The Bertz CT molecular complexity index is 1040. The van der Waals surface area contributed by atoms with Crippen LogP contribution in [-0.4, -0.2) is 38.4 Å². The summed E-state index contributed by atoms with van der Waals surface area (Å²) in [5.41, 5.74) is 2.10. The van der Waals surface area contributed by atoms with E-state index in [1.807, 2.05) is 25.6 Å². The number of amides is 1. The number of benzene rings is 2. The maximum Gasteiger partial charge on any atom is 0.264 e. The Hall–Kier alpha value is -1.70. The third kappa shape index (κ3) is 7.39. The van der Waals surface area contributed by atoms with Gasteiger partial charge in [-0.1, -0.05) is 54.6 Å². The van der Waals surface area contributed by atoms with Gasteiger partial charge in [0.25, 0.3) is 10.0 Å². The molecular weight excluding hydrogens is 476 g/mol. The molecule has 33 heavy (non-hydrogen) atoms. The third-order valence-corrected chi connectivity index (χ3v) is 9.36. The number of rotatable bonds is 10. The maximum absolute atomic E-state index is 13.5. The molecule has 1 aliphatic rings. The highest BCUT2D eigenvalue weighted by molar-refractivity contribution is 7.99. The van der Waals surface area contributed by atoms with Crippen LogP contribution < -0.4 is 9.62 Å². The van der Waals surface area contributed by atoms with Gasteiger partial charge >= 0.3 is 0 Å². The summed E-state index contributed by atoms with van der Waals surface area (Å²) in [6.45, 7) is 3.94. The number of nitrogens with one attached hydrogen (secondary N) is 1. The number of thioether (sulfide) groups is 1. The molecule has 1 N–H and O–H groups in total. The zero-order chi connectivity index (χ0) is 23.8. The molecule has 5 nitrogen and oxygen atoms in total. The summed E-state index contributed by atoms with van der Waals surface area (Å²) < 4.78 is 28.1. The van der Waals surface area contributed by atoms with E-state index in [1.165, 1.54) is 32.1 Å². The second kappa shape index (κ2) is 12.1. The van der Waals surface area contributed by atoms with Crippen LogP contribution in [0.4, 0.5) is 5.69 Å². The normalized spacial score (nSPS) is 14.8. The van der Waals surface area contributed by atoms with Crippen molar-refractivity contribution in [3.8, 4) is 0 Å². The number of anilines is 1. The van der Waals surface area contributed by atoms with Crippen molar-refractivity contribution in [1.29, 1.82) is 0 Å². The van der Waals surface area contributed by atoms with Crippen LogP contribution in [0.25, 0.3) is 0 Å². The Balaban J connectivity index is 1.67. The summed E-state index contributed by atoms with van der Waals surface area (Å²) in [4.78, 5) is 12.9. The average molecular weight is 509 g/mol. The van der Waals surface area contributed by atoms with Gasteiger partial charge in [0.2, 0.25) is 5.91 Å². The van der Waals surface area contributed by atoms with E-state index in [1.54, 1.807) is 42.5 Å². The summed E-state index contributed by atoms with van der Waals surface area (Å²) >= 11 is 8.17. The fourth-order valence-corrected chi connectivity index (χ4v) is 6.91. The van der Waals surface area contributed by atoms with Gasteiger partial charge in [-0.05, 0) is 68.7 Å². The minimum absolute atomic E-state index is 0.143. The minimum atomic E-state index is -3.95. The van der Waals surface area contributed by atoms with Crippen molar-refractivity contribution < 1.29 is 13.2 Å². The monoisotopic (exact) mass is 508 g/mol. The summed E-state index contributed by atoms with van der Waals surface area (Å²) in [6.07, 6.45) is 7.45. The first-order chi connectivity index (χ1) is 15.8. The molecule has 1 fully saturated rings. The number of sulfonamides is 1. The highest BCUT2D eigenvalue weighted by Gasteiger charge is 2.28. The molecule has 0 atom stereocenters. The first kappa shape index (κ1) is 25.9. The molecule has 8 heteroatoms. The second-order valence-electron chi connectivity index (χ2n) is 8.59. The molecule has 1 aliphatic carbocycles. The first-order valence-electron chi connectivity index (χ1n) is 11.5. The number of carbonyl (C=O) groups excluding carboxylic acids is 1. The van der Waals surface area contributed by atoms with Crippen LogP contribution in [0, 0.1) is 13.8 Å². The zero-order valence-electron chi connectivity index (χ0n) is 19.3. The highest BCUT2D eigenvalue weighted by atomic mass is 35.5. The number of hydrogen-bond acceptors (Lipinski definition) is 4. The smallest absolute Gasteiger partial charge is 0.264 e. The standard InChI is InChI=1S/C25H33ClN2O3S2/c1-19-9-13-23(14-10-19)33(30,31)28(24-17-21(26)12-11-20(24)2)18-25(29)27-15-6-16-32-22-7-4-3-5-8-22/h9-14,17,22H,3-8,15-16,18H2,1-2H3,(H,27,29). The lowest BCUT2D eigenvalue weighted by atomic mass is 10.0. The third-order valence-electron chi connectivity index (χ3n) is 5.89. The molecule has 0 aromatic heterocycles. The molecule has 2 aromatic carbocycles. The number of halogens is 1. The van der Waals surface area contributed by atoms with Gasteiger partial charge in [-0.15, -0.1) is 0 Å². The fourth-order valence-electron chi connectivity index (χ4n) is 3.96. The van der Waals surface area contributed by atoms with Crippen molar-refractivity contribution in [3.05, 3.63) is 58.6 Å².